The minimum absolute atomic E-state index is 1.10. The molecule has 1 heterocycles. The molecule has 1 aromatic carbocycles. The summed E-state index contributed by atoms with van der Waals surface area (Å²) in [7, 11) is 4.21. The lowest BCUT2D eigenvalue weighted by atomic mass is 10.1. The van der Waals surface area contributed by atoms with Gasteiger partial charge in [0.15, 0.2) is 0 Å². The average Bonchev–Trinajstić information content (AvgIpc) is 2.65. The summed E-state index contributed by atoms with van der Waals surface area (Å²) in [5.74, 6) is 0. The molecule has 0 fully saturated rings. The van der Waals surface area contributed by atoms with Crippen LogP contribution < -0.4 is 0 Å². The molecule has 0 saturated carbocycles. The fraction of sp³-hybridized carbons (Fsp3) is 0.417. The minimum atomic E-state index is 1.10. The Kier molecular flexibility index (Phi) is 3.02. The van der Waals surface area contributed by atoms with Crippen molar-refractivity contribution < 1.29 is 0 Å². The van der Waals surface area contributed by atoms with E-state index in [0.717, 1.165) is 24.0 Å². The van der Waals surface area contributed by atoms with Crippen LogP contribution in [-0.2, 0) is 6.42 Å². The Hall–Kier alpha value is -1.35. The molecule has 0 aliphatic rings. The van der Waals surface area contributed by atoms with E-state index in [1.165, 1.54) is 12.0 Å². The Bertz CT molecular complexity index is 431. The zero-order chi connectivity index (χ0) is 10.7. The van der Waals surface area contributed by atoms with Crippen LogP contribution in [0.15, 0.2) is 24.5 Å². The second kappa shape index (κ2) is 4.45. The summed E-state index contributed by atoms with van der Waals surface area (Å²) in [5, 5.41) is 0. The molecule has 0 radical (unpaired) electrons. The van der Waals surface area contributed by atoms with Gasteiger partial charge in [0.2, 0.25) is 0 Å². The first-order valence-electron chi connectivity index (χ1n) is 5.33. The van der Waals surface area contributed by atoms with Crippen molar-refractivity contribution in [3.63, 3.8) is 0 Å². The molecule has 2 rings (SSSR count). The molecule has 0 unspecified atom stereocenters. The third-order valence-electron chi connectivity index (χ3n) is 2.58. The van der Waals surface area contributed by atoms with Gasteiger partial charge in [-0.15, -0.1) is 0 Å². The maximum Gasteiger partial charge on any atom is 0.0931 e. The van der Waals surface area contributed by atoms with Crippen molar-refractivity contribution in [2.75, 3.05) is 20.6 Å². The van der Waals surface area contributed by atoms with E-state index in [9.17, 15) is 0 Å². The van der Waals surface area contributed by atoms with Gasteiger partial charge in [0.05, 0.1) is 17.4 Å². The van der Waals surface area contributed by atoms with Gasteiger partial charge in [0.25, 0.3) is 0 Å². The molecule has 0 atom stereocenters. The molecule has 80 valence electrons. The summed E-state index contributed by atoms with van der Waals surface area (Å²) in [5.41, 5.74) is 3.60. The first kappa shape index (κ1) is 10.2. The van der Waals surface area contributed by atoms with Crippen LogP contribution in [0.25, 0.3) is 11.0 Å². The average molecular weight is 203 g/mol. The number of aromatic nitrogens is 2. The van der Waals surface area contributed by atoms with Crippen LogP contribution in [0.3, 0.4) is 0 Å². The van der Waals surface area contributed by atoms with Gasteiger partial charge < -0.3 is 9.88 Å². The van der Waals surface area contributed by atoms with Gasteiger partial charge in [0, 0.05) is 0 Å². The number of imidazole rings is 1. The van der Waals surface area contributed by atoms with Gasteiger partial charge in [-0.3, -0.25) is 0 Å². The zero-order valence-corrected chi connectivity index (χ0v) is 9.33. The van der Waals surface area contributed by atoms with E-state index in [0.29, 0.717) is 0 Å². The first-order chi connectivity index (χ1) is 7.27. The van der Waals surface area contributed by atoms with Crippen molar-refractivity contribution in [2.24, 2.45) is 0 Å². The van der Waals surface area contributed by atoms with E-state index in [-0.39, 0.29) is 0 Å². The van der Waals surface area contributed by atoms with E-state index >= 15 is 0 Å². The number of fused-ring (bicyclic) bond motifs is 1. The van der Waals surface area contributed by atoms with Crippen molar-refractivity contribution in [3.8, 4) is 0 Å². The van der Waals surface area contributed by atoms with E-state index < -0.39 is 0 Å². The number of H-pyrrole nitrogens is 1. The number of hydrogen-bond acceptors (Lipinski definition) is 2. The summed E-state index contributed by atoms with van der Waals surface area (Å²) in [6, 6.07) is 6.32. The highest BCUT2D eigenvalue weighted by molar-refractivity contribution is 5.78. The fourth-order valence-corrected chi connectivity index (χ4v) is 1.81. The number of rotatable bonds is 4. The molecular formula is C12H17N3. The normalized spacial score (nSPS) is 11.4. The summed E-state index contributed by atoms with van der Waals surface area (Å²) >= 11 is 0. The van der Waals surface area contributed by atoms with Crippen molar-refractivity contribution in [3.05, 3.63) is 30.1 Å². The van der Waals surface area contributed by atoms with Gasteiger partial charge in [-0.2, -0.15) is 0 Å². The van der Waals surface area contributed by atoms with E-state index in [2.05, 4.69) is 47.2 Å². The monoisotopic (exact) mass is 203 g/mol. The summed E-state index contributed by atoms with van der Waals surface area (Å²) in [6.45, 7) is 1.13. The van der Waals surface area contributed by atoms with Crippen LogP contribution in [0.2, 0.25) is 0 Å². The summed E-state index contributed by atoms with van der Waals surface area (Å²) in [6.07, 6.45) is 4.04. The zero-order valence-electron chi connectivity index (χ0n) is 9.33. The summed E-state index contributed by atoms with van der Waals surface area (Å²) < 4.78 is 0. The molecule has 3 heteroatoms. The van der Waals surface area contributed by atoms with Gasteiger partial charge >= 0.3 is 0 Å². The number of benzene rings is 1. The van der Waals surface area contributed by atoms with Crippen LogP contribution in [0, 0.1) is 0 Å². The van der Waals surface area contributed by atoms with Crippen LogP contribution in [0.4, 0.5) is 0 Å². The first-order valence-corrected chi connectivity index (χ1v) is 5.33. The van der Waals surface area contributed by atoms with E-state index in [1.807, 2.05) is 0 Å². The Balaban J connectivity index is 2.10. The Morgan fingerprint density at radius 3 is 3.00 bits per heavy atom. The van der Waals surface area contributed by atoms with Crippen molar-refractivity contribution in [1.82, 2.24) is 14.9 Å². The topological polar surface area (TPSA) is 31.9 Å². The lowest BCUT2D eigenvalue weighted by molar-refractivity contribution is 0.400. The largest absolute Gasteiger partial charge is 0.345 e. The molecule has 0 aliphatic carbocycles. The number of nitrogens with zero attached hydrogens (tertiary/aromatic N) is 2. The Morgan fingerprint density at radius 2 is 2.20 bits per heavy atom. The standard InChI is InChI=1S/C12H17N3/c1-15(2)8-4-6-10-5-3-7-11-12(10)14-9-13-11/h3,5,7,9H,4,6,8H2,1-2H3,(H,13,14). The van der Waals surface area contributed by atoms with Crippen molar-refractivity contribution in [1.29, 1.82) is 0 Å². The van der Waals surface area contributed by atoms with Gasteiger partial charge in [0.1, 0.15) is 0 Å². The van der Waals surface area contributed by atoms with Crippen LogP contribution in [0.5, 0.6) is 0 Å². The lowest BCUT2D eigenvalue weighted by Crippen LogP contribution is -2.13. The molecule has 1 N–H and O–H groups in total. The predicted molar refractivity (Wildman–Crippen MR) is 63.0 cm³/mol. The number of nitrogens with one attached hydrogen (secondary N) is 1. The quantitative estimate of drug-likeness (QED) is 0.824. The summed E-state index contributed by atoms with van der Waals surface area (Å²) in [4.78, 5) is 9.70. The number of hydrogen-bond donors (Lipinski definition) is 1. The third-order valence-corrected chi connectivity index (χ3v) is 2.58. The smallest absolute Gasteiger partial charge is 0.0931 e. The molecule has 15 heavy (non-hydrogen) atoms. The fourth-order valence-electron chi connectivity index (χ4n) is 1.81. The molecule has 0 spiro atoms. The highest BCUT2D eigenvalue weighted by Gasteiger charge is 2.02. The molecule has 0 amide bonds. The van der Waals surface area contributed by atoms with Gasteiger partial charge in [-0.1, -0.05) is 12.1 Å². The van der Waals surface area contributed by atoms with E-state index in [4.69, 9.17) is 0 Å². The molecule has 2 aromatic rings. The van der Waals surface area contributed by atoms with Gasteiger partial charge in [-0.25, -0.2) is 4.98 Å². The Morgan fingerprint density at radius 1 is 1.33 bits per heavy atom. The number of para-hydroxylation sites is 1. The molecular weight excluding hydrogens is 186 g/mol. The third kappa shape index (κ3) is 2.36. The van der Waals surface area contributed by atoms with E-state index in [1.54, 1.807) is 6.33 Å². The highest BCUT2D eigenvalue weighted by atomic mass is 15.0. The molecule has 1 aromatic heterocycles. The SMILES string of the molecule is CN(C)CCCc1cccc2[nH]cnc12. The second-order valence-electron chi connectivity index (χ2n) is 4.12. The van der Waals surface area contributed by atoms with Crippen molar-refractivity contribution >= 4 is 11.0 Å². The molecule has 0 saturated heterocycles. The van der Waals surface area contributed by atoms with Crippen LogP contribution >= 0.6 is 0 Å². The maximum absolute atomic E-state index is 4.35. The highest BCUT2D eigenvalue weighted by Crippen LogP contribution is 2.15. The lowest BCUT2D eigenvalue weighted by Gasteiger charge is -2.08. The number of aryl methyl sites for hydroxylation is 1. The predicted octanol–water partition coefficient (Wildman–Crippen LogP) is 2.06. The minimum Gasteiger partial charge on any atom is -0.345 e. The van der Waals surface area contributed by atoms with Crippen LogP contribution in [-0.4, -0.2) is 35.5 Å². The number of aromatic amines is 1. The maximum atomic E-state index is 4.35. The molecule has 0 bridgehead atoms. The Labute approximate surface area is 90.1 Å². The van der Waals surface area contributed by atoms with Crippen LogP contribution in [0.1, 0.15) is 12.0 Å². The van der Waals surface area contributed by atoms with Crippen molar-refractivity contribution in [2.45, 2.75) is 12.8 Å². The second-order valence-corrected chi connectivity index (χ2v) is 4.12. The molecule has 3 nitrogen and oxygen atoms in total. The van der Waals surface area contributed by atoms with Gasteiger partial charge in [-0.05, 0) is 45.1 Å². The molecule has 0 aliphatic heterocycles.